The van der Waals surface area contributed by atoms with Crippen molar-refractivity contribution in [3.05, 3.63) is 35.4 Å². The zero-order valence-electron chi connectivity index (χ0n) is 13.9. The fraction of sp³-hybridized carbons (Fsp3) is 0.556. The third-order valence-corrected chi connectivity index (χ3v) is 3.23. The number of carbonyl (C=O) groups excluding carboxylic acids is 1. The van der Waals surface area contributed by atoms with Gasteiger partial charge in [-0.25, -0.2) is 0 Å². The van der Waals surface area contributed by atoms with Gasteiger partial charge in [0.2, 0.25) is 0 Å². The number of nitrogens with one attached hydrogen (secondary N) is 1. The highest BCUT2D eigenvalue weighted by molar-refractivity contribution is 5.98. The molecule has 0 saturated carbocycles. The molecular formula is C18H28N2O. The van der Waals surface area contributed by atoms with Gasteiger partial charge < -0.3 is 10.1 Å². The Labute approximate surface area is 128 Å². The molecule has 21 heavy (non-hydrogen) atoms. The van der Waals surface area contributed by atoms with Crippen molar-refractivity contribution in [2.45, 2.75) is 53.1 Å². The zero-order valence-corrected chi connectivity index (χ0v) is 13.9. The van der Waals surface area contributed by atoms with Gasteiger partial charge >= 0.3 is 0 Å². The van der Waals surface area contributed by atoms with Crippen molar-refractivity contribution in [3.63, 3.8) is 0 Å². The summed E-state index contributed by atoms with van der Waals surface area (Å²) in [5.41, 5.74) is 3.39. The van der Waals surface area contributed by atoms with Crippen LogP contribution in [0.4, 0.5) is 0 Å². The number of hydrogen-bond donors (Lipinski definition) is 1. The molecule has 0 aliphatic rings. The van der Waals surface area contributed by atoms with Crippen LogP contribution in [-0.2, 0) is 11.2 Å². The predicted octanol–water partition coefficient (Wildman–Crippen LogP) is 3.26. The molecule has 0 aliphatic carbocycles. The van der Waals surface area contributed by atoms with Crippen LogP contribution >= 0.6 is 0 Å². The Kier molecular flexibility index (Phi) is 7.30. The Hall–Kier alpha value is -1.48. The number of aliphatic imine (C=N–C) groups is 1. The molecule has 0 aliphatic heterocycles. The first-order chi connectivity index (χ1) is 9.92. The van der Waals surface area contributed by atoms with Gasteiger partial charge in [-0.1, -0.05) is 52.0 Å². The highest BCUT2D eigenvalue weighted by Gasteiger charge is 2.09. The lowest BCUT2D eigenvalue weighted by atomic mass is 10.0. The minimum atomic E-state index is -0.119. The van der Waals surface area contributed by atoms with E-state index in [1.54, 1.807) is 0 Å². The van der Waals surface area contributed by atoms with Gasteiger partial charge in [0.05, 0.1) is 6.04 Å². The van der Waals surface area contributed by atoms with Gasteiger partial charge in [0, 0.05) is 18.3 Å². The minimum absolute atomic E-state index is 0.119. The van der Waals surface area contributed by atoms with Crippen LogP contribution in [0, 0.1) is 5.92 Å². The molecule has 1 atom stereocenters. The summed E-state index contributed by atoms with van der Waals surface area (Å²) in [5, 5.41) is 3.26. The fourth-order valence-electron chi connectivity index (χ4n) is 2.12. The van der Waals surface area contributed by atoms with Crippen LogP contribution in [0.1, 0.15) is 45.7 Å². The van der Waals surface area contributed by atoms with Crippen molar-refractivity contribution < 1.29 is 4.79 Å². The SMILES string of the molecule is CC(=NCC(C)C)c1ccc(CC(C=O)NC(C)C)cc1. The smallest absolute Gasteiger partial charge is 0.137 e. The third kappa shape index (κ3) is 6.67. The summed E-state index contributed by atoms with van der Waals surface area (Å²) in [5.74, 6) is 0.578. The number of aldehydes is 1. The maximum atomic E-state index is 11.1. The Balaban J connectivity index is 2.69. The van der Waals surface area contributed by atoms with Gasteiger partial charge in [-0.15, -0.1) is 0 Å². The minimum Gasteiger partial charge on any atom is -0.305 e. The summed E-state index contributed by atoms with van der Waals surface area (Å²) in [7, 11) is 0. The summed E-state index contributed by atoms with van der Waals surface area (Å²) in [4.78, 5) is 15.7. The normalized spacial score (nSPS) is 13.8. The molecule has 1 unspecified atom stereocenters. The largest absolute Gasteiger partial charge is 0.305 e. The first kappa shape index (κ1) is 17.6. The second kappa shape index (κ2) is 8.73. The van der Waals surface area contributed by atoms with E-state index in [2.05, 4.69) is 48.4 Å². The molecule has 3 heteroatoms. The van der Waals surface area contributed by atoms with Crippen molar-refractivity contribution in [2.75, 3.05) is 6.54 Å². The van der Waals surface area contributed by atoms with Crippen molar-refractivity contribution in [3.8, 4) is 0 Å². The maximum absolute atomic E-state index is 11.1. The zero-order chi connectivity index (χ0) is 15.8. The second-order valence-corrected chi connectivity index (χ2v) is 6.28. The molecule has 1 rings (SSSR count). The van der Waals surface area contributed by atoms with E-state index in [1.165, 1.54) is 5.56 Å². The molecule has 1 aromatic rings. The monoisotopic (exact) mass is 288 g/mol. The molecule has 0 heterocycles. The average molecular weight is 288 g/mol. The Morgan fingerprint density at radius 3 is 2.29 bits per heavy atom. The molecular weight excluding hydrogens is 260 g/mol. The Bertz CT molecular complexity index is 461. The lowest BCUT2D eigenvalue weighted by Gasteiger charge is -2.15. The van der Waals surface area contributed by atoms with Crippen LogP contribution in [0.2, 0.25) is 0 Å². The van der Waals surface area contributed by atoms with Crippen LogP contribution < -0.4 is 5.32 Å². The summed E-state index contributed by atoms with van der Waals surface area (Å²) in [6.07, 6.45) is 1.72. The van der Waals surface area contributed by atoms with Crippen LogP contribution in [0.25, 0.3) is 0 Å². The van der Waals surface area contributed by atoms with Crippen LogP contribution in [0.3, 0.4) is 0 Å². The average Bonchev–Trinajstić information content (AvgIpc) is 2.44. The first-order valence-corrected chi connectivity index (χ1v) is 7.74. The molecule has 0 aromatic heterocycles. The van der Waals surface area contributed by atoms with E-state index in [4.69, 9.17) is 0 Å². The van der Waals surface area contributed by atoms with Crippen LogP contribution in [0.15, 0.2) is 29.3 Å². The molecule has 116 valence electrons. The summed E-state index contributed by atoms with van der Waals surface area (Å²) in [6.45, 7) is 11.3. The van der Waals surface area contributed by atoms with Gasteiger partial charge in [-0.3, -0.25) is 4.99 Å². The molecule has 0 bridgehead atoms. The van der Waals surface area contributed by atoms with Gasteiger partial charge in [-0.2, -0.15) is 0 Å². The number of benzene rings is 1. The van der Waals surface area contributed by atoms with Gasteiger partial charge in [-0.05, 0) is 30.4 Å². The fourth-order valence-corrected chi connectivity index (χ4v) is 2.12. The highest BCUT2D eigenvalue weighted by Crippen LogP contribution is 2.09. The molecule has 0 saturated heterocycles. The molecule has 0 fully saturated rings. The molecule has 3 nitrogen and oxygen atoms in total. The number of carbonyl (C=O) groups is 1. The number of hydrogen-bond acceptors (Lipinski definition) is 3. The molecule has 1 N–H and O–H groups in total. The van der Waals surface area contributed by atoms with E-state index in [0.29, 0.717) is 12.0 Å². The number of nitrogens with zero attached hydrogens (tertiary/aromatic N) is 1. The number of rotatable bonds is 8. The van der Waals surface area contributed by atoms with Crippen molar-refractivity contribution in [1.29, 1.82) is 0 Å². The molecule has 0 amide bonds. The van der Waals surface area contributed by atoms with E-state index >= 15 is 0 Å². The second-order valence-electron chi connectivity index (χ2n) is 6.28. The van der Waals surface area contributed by atoms with E-state index in [9.17, 15) is 4.79 Å². The summed E-state index contributed by atoms with van der Waals surface area (Å²) < 4.78 is 0. The molecule has 1 aromatic carbocycles. The summed E-state index contributed by atoms with van der Waals surface area (Å²) >= 11 is 0. The van der Waals surface area contributed by atoms with E-state index in [0.717, 1.165) is 30.5 Å². The predicted molar refractivity (Wildman–Crippen MR) is 90.2 cm³/mol. The van der Waals surface area contributed by atoms with Crippen molar-refractivity contribution >= 4 is 12.0 Å². The highest BCUT2D eigenvalue weighted by atomic mass is 16.1. The first-order valence-electron chi connectivity index (χ1n) is 7.74. The lowest BCUT2D eigenvalue weighted by Crippen LogP contribution is -2.37. The third-order valence-electron chi connectivity index (χ3n) is 3.23. The molecule has 0 radical (unpaired) electrons. The van der Waals surface area contributed by atoms with E-state index in [1.807, 2.05) is 20.8 Å². The van der Waals surface area contributed by atoms with Crippen molar-refractivity contribution in [1.82, 2.24) is 5.32 Å². The maximum Gasteiger partial charge on any atom is 0.137 e. The van der Waals surface area contributed by atoms with E-state index < -0.39 is 0 Å². The van der Waals surface area contributed by atoms with Gasteiger partial charge in [0.25, 0.3) is 0 Å². The Morgan fingerprint density at radius 1 is 1.19 bits per heavy atom. The van der Waals surface area contributed by atoms with Gasteiger partial charge in [0.1, 0.15) is 6.29 Å². The quantitative estimate of drug-likeness (QED) is 0.589. The van der Waals surface area contributed by atoms with Crippen LogP contribution in [-0.4, -0.2) is 30.6 Å². The van der Waals surface area contributed by atoms with Crippen LogP contribution in [0.5, 0.6) is 0 Å². The lowest BCUT2D eigenvalue weighted by molar-refractivity contribution is -0.109. The van der Waals surface area contributed by atoms with Crippen molar-refractivity contribution in [2.24, 2.45) is 10.9 Å². The molecule has 0 spiro atoms. The van der Waals surface area contributed by atoms with Gasteiger partial charge in [0.15, 0.2) is 0 Å². The Morgan fingerprint density at radius 2 is 1.81 bits per heavy atom. The van der Waals surface area contributed by atoms with E-state index in [-0.39, 0.29) is 6.04 Å². The standard InChI is InChI=1S/C18H28N2O/c1-13(2)11-19-15(5)17-8-6-16(7-9-17)10-18(12-21)20-14(3)4/h6-9,12-14,18,20H,10-11H2,1-5H3. The summed E-state index contributed by atoms with van der Waals surface area (Å²) in [6, 6.07) is 8.54. The topological polar surface area (TPSA) is 41.5 Å².